The van der Waals surface area contributed by atoms with E-state index in [-0.39, 0.29) is 0 Å². The van der Waals surface area contributed by atoms with Gasteiger partial charge < -0.3 is 29.4 Å². The molecule has 2 rings (SSSR count). The predicted molar refractivity (Wildman–Crippen MR) is 103 cm³/mol. The van der Waals surface area contributed by atoms with E-state index in [4.69, 9.17) is 37.4 Å². The fourth-order valence-electron chi connectivity index (χ4n) is 2.77. The van der Waals surface area contributed by atoms with Gasteiger partial charge in [-0.25, -0.2) is 18.5 Å². The Kier molecular flexibility index (Phi) is 8.33. The number of phosphoric acid groups is 3. The summed E-state index contributed by atoms with van der Waals surface area (Å²) in [6.45, 7) is -1.95. The minimum Gasteiger partial charge on any atom is -0.396 e. The van der Waals surface area contributed by atoms with E-state index in [1.165, 1.54) is 0 Å². The lowest BCUT2D eigenvalue weighted by molar-refractivity contribution is -0.0378. The summed E-state index contributed by atoms with van der Waals surface area (Å²) >= 11 is 6.30. The summed E-state index contributed by atoms with van der Waals surface area (Å²) in [6, 6.07) is 0. The van der Waals surface area contributed by atoms with Crippen LogP contribution in [0.3, 0.4) is 0 Å². The molecule has 1 aliphatic heterocycles. The third kappa shape index (κ3) is 6.68. The molecule has 2 heterocycles. The molecule has 6 atom stereocenters. The number of halogens is 2. The molecule has 0 amide bonds. The first kappa shape index (κ1) is 28.0. The molecular weight excluding hydrogens is 544 g/mol. The molecule has 0 aromatic carbocycles. The summed E-state index contributed by atoms with van der Waals surface area (Å²) in [4.78, 5) is 58.6. The van der Waals surface area contributed by atoms with Crippen molar-refractivity contribution in [2.75, 3.05) is 13.2 Å². The van der Waals surface area contributed by atoms with Gasteiger partial charge in [0.1, 0.15) is 0 Å². The second-order valence-corrected chi connectivity index (χ2v) is 11.3. The number of nitrogens with zero attached hydrogens (tertiary/aromatic N) is 1. The molecule has 4 unspecified atom stereocenters. The Hall–Kier alpha value is -1.21. The highest BCUT2D eigenvalue weighted by atomic mass is 35.5. The van der Waals surface area contributed by atoms with Crippen molar-refractivity contribution in [3.8, 4) is 12.3 Å². The molecule has 16 nitrogen and oxygen atoms in total. The molecule has 1 aromatic rings. The van der Waals surface area contributed by atoms with Gasteiger partial charge in [0.25, 0.3) is 5.56 Å². The van der Waals surface area contributed by atoms with Gasteiger partial charge in [0.05, 0.1) is 25.5 Å². The lowest BCUT2D eigenvalue weighted by Gasteiger charge is -2.27. The molecular formula is C12H15ClFN2O14P3. The summed E-state index contributed by atoms with van der Waals surface area (Å²) in [5, 5.41) is 9.69. The van der Waals surface area contributed by atoms with Gasteiger partial charge in [-0.05, 0) is 0 Å². The van der Waals surface area contributed by atoms with Crippen LogP contribution in [-0.2, 0) is 31.6 Å². The van der Waals surface area contributed by atoms with Crippen LogP contribution in [0.5, 0.6) is 0 Å². The van der Waals surface area contributed by atoms with Crippen LogP contribution < -0.4 is 11.2 Å². The van der Waals surface area contributed by atoms with E-state index >= 15 is 0 Å². The maximum atomic E-state index is 13.7. The average Bonchev–Trinajstić information content (AvgIpc) is 2.92. The van der Waals surface area contributed by atoms with E-state index in [9.17, 15) is 37.7 Å². The molecule has 6 N–H and O–H groups in total. The topological polar surface area (TPSA) is 244 Å². The van der Waals surface area contributed by atoms with E-state index < -0.39 is 76.9 Å². The number of nitrogens with one attached hydrogen (secondary N) is 1. The fraction of sp³-hybridized carbons (Fsp3) is 0.500. The summed E-state index contributed by atoms with van der Waals surface area (Å²) in [5.41, 5.74) is -2.57. The summed E-state index contributed by atoms with van der Waals surface area (Å²) in [5.74, 6) is -0.757. The second kappa shape index (κ2) is 9.80. The number of aliphatic hydroxyl groups is 1. The minimum atomic E-state index is -5.80. The first-order chi connectivity index (χ1) is 14.9. The Balaban J connectivity index is 2.29. The number of aliphatic hydroxyl groups excluding tert-OH is 1. The number of aromatic nitrogens is 2. The Morgan fingerprint density at radius 3 is 2.36 bits per heavy atom. The Morgan fingerprint density at radius 2 is 1.85 bits per heavy atom. The van der Waals surface area contributed by atoms with Crippen molar-refractivity contribution >= 4 is 35.1 Å². The van der Waals surface area contributed by atoms with Crippen molar-refractivity contribution in [2.24, 2.45) is 5.92 Å². The standard InChI is InChI=1S/C12H15ClFN2O14P3/c1-2-12(13)6(4-17)8(28-10(12)16-3-7(14)9(18)15-11(16)19)5-27-32(23,24)30-33(25,26)29-31(20,21)22/h1,3,6,8,10,17H,4-5H2,(H,23,24)(H,25,26)(H,15,18,19)(H2,20,21,22)/t6?,8-,10-,12?/m1/s1. The van der Waals surface area contributed by atoms with Crippen LogP contribution in [0.2, 0.25) is 0 Å². The zero-order chi connectivity index (χ0) is 25.4. The summed E-state index contributed by atoms with van der Waals surface area (Å²) in [6.07, 6.45) is 2.50. The van der Waals surface area contributed by atoms with Crippen LogP contribution in [0.15, 0.2) is 15.8 Å². The number of H-pyrrole nitrogens is 1. The number of hydrogen-bond donors (Lipinski definition) is 6. The Morgan fingerprint density at radius 1 is 1.24 bits per heavy atom. The van der Waals surface area contributed by atoms with E-state index in [1.807, 2.05) is 5.92 Å². The molecule has 1 aromatic heterocycles. The molecule has 0 spiro atoms. The van der Waals surface area contributed by atoms with Crippen LogP contribution in [-0.4, -0.2) is 58.4 Å². The number of hydrogen-bond acceptors (Lipinski definition) is 10. The van der Waals surface area contributed by atoms with E-state index in [2.05, 4.69) is 13.1 Å². The van der Waals surface area contributed by atoms with Crippen LogP contribution in [0.1, 0.15) is 6.23 Å². The predicted octanol–water partition coefficient (Wildman–Crippen LogP) is -0.864. The number of aromatic amines is 1. The van der Waals surface area contributed by atoms with E-state index in [0.29, 0.717) is 10.8 Å². The van der Waals surface area contributed by atoms with Crippen molar-refractivity contribution in [1.82, 2.24) is 9.55 Å². The maximum absolute atomic E-state index is 13.7. The van der Waals surface area contributed by atoms with Crippen LogP contribution in [0.25, 0.3) is 0 Å². The molecule has 0 bridgehead atoms. The quantitative estimate of drug-likeness (QED) is 0.123. The third-order valence-corrected chi connectivity index (χ3v) is 8.44. The van der Waals surface area contributed by atoms with Crippen LogP contribution >= 0.6 is 35.1 Å². The average molecular weight is 559 g/mol. The number of terminal acetylenes is 1. The monoisotopic (exact) mass is 558 g/mol. The van der Waals surface area contributed by atoms with Crippen molar-refractivity contribution in [3.05, 3.63) is 32.9 Å². The van der Waals surface area contributed by atoms with Crippen molar-refractivity contribution in [1.29, 1.82) is 0 Å². The molecule has 0 saturated carbocycles. The Labute approximate surface area is 187 Å². The highest BCUT2D eigenvalue weighted by molar-refractivity contribution is 7.66. The van der Waals surface area contributed by atoms with Gasteiger partial charge in [-0.15, -0.1) is 6.42 Å². The van der Waals surface area contributed by atoms with E-state index in [1.54, 1.807) is 4.98 Å². The van der Waals surface area contributed by atoms with Crippen molar-refractivity contribution < 1.29 is 60.6 Å². The van der Waals surface area contributed by atoms with Crippen molar-refractivity contribution in [2.45, 2.75) is 17.2 Å². The van der Waals surface area contributed by atoms with Gasteiger partial charge in [0.15, 0.2) is 11.1 Å². The molecule has 1 aliphatic rings. The molecule has 0 aliphatic carbocycles. The van der Waals surface area contributed by atoms with Gasteiger partial charge in [0.2, 0.25) is 5.82 Å². The molecule has 1 saturated heterocycles. The largest absolute Gasteiger partial charge is 0.490 e. The lowest BCUT2D eigenvalue weighted by atomic mass is 9.89. The molecule has 21 heteroatoms. The second-order valence-electron chi connectivity index (χ2n) is 6.26. The highest BCUT2D eigenvalue weighted by Gasteiger charge is 2.56. The zero-order valence-corrected chi connectivity index (χ0v) is 19.2. The molecule has 186 valence electrons. The van der Waals surface area contributed by atoms with Gasteiger partial charge in [-0.2, -0.15) is 13.0 Å². The molecule has 33 heavy (non-hydrogen) atoms. The third-order valence-electron chi connectivity index (χ3n) is 4.06. The first-order valence-corrected chi connectivity index (χ1v) is 13.1. The number of alkyl halides is 1. The van der Waals surface area contributed by atoms with Gasteiger partial charge in [-0.1, -0.05) is 17.5 Å². The van der Waals surface area contributed by atoms with E-state index in [0.717, 1.165) is 0 Å². The maximum Gasteiger partial charge on any atom is 0.490 e. The molecule has 1 fully saturated rings. The SMILES string of the molecule is C#CC1(Cl)C(CO)[C@@H](COP(=O)(O)OP(=O)(O)OP(=O)(O)O)O[C@H]1n1cc(F)c(=O)[nH]c1=O. The molecule has 0 radical (unpaired) electrons. The number of phosphoric ester groups is 1. The number of rotatable bonds is 9. The fourth-order valence-corrected chi connectivity index (χ4v) is 6.17. The summed E-state index contributed by atoms with van der Waals surface area (Å²) < 4.78 is 65.0. The van der Waals surface area contributed by atoms with Gasteiger partial charge in [-0.3, -0.25) is 18.9 Å². The van der Waals surface area contributed by atoms with Gasteiger partial charge in [0, 0.05) is 5.92 Å². The number of ether oxygens (including phenoxy) is 1. The highest BCUT2D eigenvalue weighted by Crippen LogP contribution is 2.66. The normalized spacial score (nSPS) is 29.2. The summed E-state index contributed by atoms with van der Waals surface area (Å²) in [7, 11) is -17.0. The zero-order valence-electron chi connectivity index (χ0n) is 15.8. The smallest absolute Gasteiger partial charge is 0.396 e. The Bertz CT molecular complexity index is 1210. The lowest BCUT2D eigenvalue weighted by Crippen LogP contribution is -2.43. The minimum absolute atomic E-state index is 0.416. The van der Waals surface area contributed by atoms with Crippen LogP contribution in [0.4, 0.5) is 4.39 Å². The first-order valence-electron chi connectivity index (χ1n) is 8.17. The van der Waals surface area contributed by atoms with Gasteiger partial charge >= 0.3 is 29.2 Å². The van der Waals surface area contributed by atoms with Crippen LogP contribution in [0, 0.1) is 24.1 Å². The van der Waals surface area contributed by atoms with Crippen molar-refractivity contribution in [3.63, 3.8) is 0 Å².